The molecule has 186 valence electrons. The van der Waals surface area contributed by atoms with E-state index in [0.717, 1.165) is 33.3 Å². The van der Waals surface area contributed by atoms with Gasteiger partial charge in [-0.2, -0.15) is 5.10 Å². The maximum Gasteiger partial charge on any atom is 0.258 e. The molecule has 0 saturated carbocycles. The lowest BCUT2D eigenvalue weighted by atomic mass is 9.91. The number of para-hydroxylation sites is 1. The summed E-state index contributed by atoms with van der Waals surface area (Å²) in [5, 5.41) is 12.0. The van der Waals surface area contributed by atoms with Crippen molar-refractivity contribution in [1.82, 2.24) is 9.99 Å². The highest BCUT2D eigenvalue weighted by Crippen LogP contribution is 2.37. The number of fused-ring (bicyclic) bond motifs is 1. The number of thiocarbonyl (C=S) groups is 1. The Kier molecular flexibility index (Phi) is 6.50. The van der Waals surface area contributed by atoms with Crippen molar-refractivity contribution >= 4 is 51.2 Å². The Morgan fingerprint density at radius 2 is 1.55 bits per heavy atom. The number of hydrogen-bond donors (Lipinski definition) is 2. The molecule has 0 aliphatic carbocycles. The number of aromatic amines is 1. The van der Waals surface area contributed by atoms with Crippen molar-refractivity contribution in [3.05, 3.63) is 136 Å². The number of halogens is 1. The zero-order valence-corrected chi connectivity index (χ0v) is 21.8. The number of hydrazone groups is 1. The predicted octanol–water partition coefficient (Wildman–Crippen LogP) is 7.40. The van der Waals surface area contributed by atoms with Gasteiger partial charge in [-0.3, -0.25) is 4.79 Å². The maximum atomic E-state index is 13.7. The number of hydrogen-bond acceptors (Lipinski definition) is 3. The van der Waals surface area contributed by atoms with Gasteiger partial charge in [-0.1, -0.05) is 90.5 Å². The molecule has 38 heavy (non-hydrogen) atoms. The second-order valence-electron chi connectivity index (χ2n) is 9.08. The quantitative estimate of drug-likeness (QED) is 0.236. The molecule has 0 unspecified atom stereocenters. The van der Waals surface area contributed by atoms with Crippen molar-refractivity contribution in [3.63, 3.8) is 0 Å². The number of H-pyrrole nitrogens is 1. The van der Waals surface area contributed by atoms with E-state index in [4.69, 9.17) is 28.9 Å². The fourth-order valence-corrected chi connectivity index (χ4v) is 5.39. The largest absolute Gasteiger partial charge is 0.331 e. The minimum absolute atomic E-state index is 0.173. The van der Waals surface area contributed by atoms with Gasteiger partial charge in [0.25, 0.3) is 5.56 Å². The van der Waals surface area contributed by atoms with Crippen LogP contribution in [0.25, 0.3) is 22.0 Å². The molecule has 0 radical (unpaired) electrons. The van der Waals surface area contributed by atoms with Gasteiger partial charge in [-0.15, -0.1) is 0 Å². The molecule has 0 fully saturated rings. The molecule has 4 aromatic carbocycles. The Morgan fingerprint density at radius 3 is 2.26 bits per heavy atom. The summed E-state index contributed by atoms with van der Waals surface area (Å²) in [4.78, 5) is 16.7. The van der Waals surface area contributed by atoms with E-state index in [1.165, 1.54) is 0 Å². The third-order valence-corrected chi connectivity index (χ3v) is 7.18. The van der Waals surface area contributed by atoms with Crippen LogP contribution in [0.2, 0.25) is 5.02 Å². The van der Waals surface area contributed by atoms with Crippen molar-refractivity contribution in [2.75, 3.05) is 5.32 Å². The summed E-state index contributed by atoms with van der Waals surface area (Å²) in [6.07, 6.45) is 0.510. The van der Waals surface area contributed by atoms with Gasteiger partial charge in [-0.05, 0) is 53.7 Å². The molecular weight excluding hydrogens is 512 g/mol. The van der Waals surface area contributed by atoms with Crippen molar-refractivity contribution < 1.29 is 0 Å². The van der Waals surface area contributed by atoms with Crippen molar-refractivity contribution in [1.29, 1.82) is 0 Å². The van der Waals surface area contributed by atoms with Crippen LogP contribution < -0.4 is 10.9 Å². The number of rotatable bonds is 4. The molecule has 0 bridgehead atoms. The molecule has 1 atom stereocenters. The number of nitrogens with one attached hydrogen (secondary N) is 2. The summed E-state index contributed by atoms with van der Waals surface area (Å²) in [7, 11) is 0. The number of nitrogens with zero attached hydrogens (tertiary/aromatic N) is 2. The highest BCUT2D eigenvalue weighted by atomic mass is 35.5. The van der Waals surface area contributed by atoms with Gasteiger partial charge < -0.3 is 10.3 Å². The van der Waals surface area contributed by atoms with E-state index in [9.17, 15) is 4.79 Å². The van der Waals surface area contributed by atoms with Gasteiger partial charge in [0.2, 0.25) is 0 Å². The Hall–Kier alpha value is -4.26. The van der Waals surface area contributed by atoms with Crippen LogP contribution in [-0.2, 0) is 0 Å². The number of benzene rings is 4. The highest BCUT2D eigenvalue weighted by molar-refractivity contribution is 7.80. The number of anilines is 1. The summed E-state index contributed by atoms with van der Waals surface area (Å²) >= 11 is 12.3. The van der Waals surface area contributed by atoms with Gasteiger partial charge in [-0.25, -0.2) is 5.01 Å². The SMILES string of the molecule is O=c1[nH]c2ccc(Cl)cc2c(-c2ccccc2)c1C1=NN(C(=S)Nc2ccccc2)[C@H](c2ccccc2)C1. The van der Waals surface area contributed by atoms with Crippen LogP contribution in [-0.4, -0.2) is 20.8 Å². The zero-order chi connectivity index (χ0) is 26.1. The Bertz CT molecular complexity index is 1720. The van der Waals surface area contributed by atoms with E-state index in [0.29, 0.717) is 27.8 Å². The van der Waals surface area contributed by atoms with Crippen LogP contribution in [0.15, 0.2) is 119 Å². The molecule has 2 heterocycles. The van der Waals surface area contributed by atoms with Gasteiger partial charge >= 0.3 is 0 Å². The molecule has 1 aromatic heterocycles. The van der Waals surface area contributed by atoms with Crippen LogP contribution in [0.4, 0.5) is 5.69 Å². The minimum Gasteiger partial charge on any atom is -0.331 e. The average molecular weight is 535 g/mol. The molecule has 2 N–H and O–H groups in total. The van der Waals surface area contributed by atoms with E-state index in [2.05, 4.69) is 22.4 Å². The molecule has 5 aromatic rings. The third-order valence-electron chi connectivity index (χ3n) is 6.66. The lowest BCUT2D eigenvalue weighted by Crippen LogP contribution is -2.31. The highest BCUT2D eigenvalue weighted by Gasteiger charge is 2.34. The van der Waals surface area contributed by atoms with Crippen molar-refractivity contribution in [2.45, 2.75) is 12.5 Å². The minimum atomic E-state index is -0.201. The molecule has 0 spiro atoms. The molecule has 1 aliphatic rings. The Balaban J connectivity index is 1.52. The van der Waals surface area contributed by atoms with E-state index in [-0.39, 0.29) is 11.6 Å². The summed E-state index contributed by atoms with van der Waals surface area (Å²) in [6, 6.07) is 35.1. The van der Waals surface area contributed by atoms with E-state index < -0.39 is 0 Å². The summed E-state index contributed by atoms with van der Waals surface area (Å²) in [5.74, 6) is 0. The zero-order valence-electron chi connectivity index (χ0n) is 20.3. The first-order valence-electron chi connectivity index (χ1n) is 12.3. The van der Waals surface area contributed by atoms with Gasteiger partial charge in [0.15, 0.2) is 5.11 Å². The smallest absolute Gasteiger partial charge is 0.258 e. The second kappa shape index (κ2) is 10.2. The van der Waals surface area contributed by atoms with E-state index in [1.807, 2.05) is 96.0 Å². The van der Waals surface area contributed by atoms with Gasteiger partial charge in [0, 0.05) is 33.6 Å². The fourth-order valence-electron chi connectivity index (χ4n) is 4.93. The summed E-state index contributed by atoms with van der Waals surface area (Å²) in [6.45, 7) is 0. The second-order valence-corrected chi connectivity index (χ2v) is 9.90. The number of aromatic nitrogens is 1. The third kappa shape index (κ3) is 4.60. The van der Waals surface area contributed by atoms with Gasteiger partial charge in [0.05, 0.1) is 17.3 Å². The van der Waals surface area contributed by atoms with E-state index >= 15 is 0 Å². The summed E-state index contributed by atoms with van der Waals surface area (Å²) < 4.78 is 0. The molecule has 7 heteroatoms. The topological polar surface area (TPSA) is 60.5 Å². The van der Waals surface area contributed by atoms with Crippen LogP contribution in [0.1, 0.15) is 23.6 Å². The van der Waals surface area contributed by atoms with E-state index in [1.54, 1.807) is 6.07 Å². The normalized spacial score (nSPS) is 14.9. The van der Waals surface area contributed by atoms with Crippen LogP contribution >= 0.6 is 23.8 Å². The van der Waals surface area contributed by atoms with Crippen molar-refractivity contribution in [3.8, 4) is 11.1 Å². The van der Waals surface area contributed by atoms with Gasteiger partial charge in [0.1, 0.15) is 0 Å². The lowest BCUT2D eigenvalue weighted by molar-refractivity contribution is 0.375. The summed E-state index contributed by atoms with van der Waals surface area (Å²) in [5.41, 5.74) is 5.37. The molecule has 0 amide bonds. The number of pyridine rings is 1. The Labute approximate surface area is 230 Å². The average Bonchev–Trinajstić information content (AvgIpc) is 3.39. The maximum absolute atomic E-state index is 13.7. The van der Waals surface area contributed by atoms with Crippen LogP contribution in [0, 0.1) is 0 Å². The predicted molar refractivity (Wildman–Crippen MR) is 160 cm³/mol. The molecule has 5 nitrogen and oxygen atoms in total. The van der Waals surface area contributed by atoms with Crippen LogP contribution in [0.5, 0.6) is 0 Å². The Morgan fingerprint density at radius 1 is 0.895 bits per heavy atom. The monoisotopic (exact) mass is 534 g/mol. The molecule has 1 aliphatic heterocycles. The molecule has 6 rings (SSSR count). The van der Waals surface area contributed by atoms with Crippen molar-refractivity contribution in [2.24, 2.45) is 5.10 Å². The first-order chi connectivity index (χ1) is 18.6. The standard InChI is InChI=1S/C31H23ClN4OS/c32-22-16-17-25-24(18-22)28(21-12-6-2-7-13-21)29(30(37)34-25)26-19-27(20-10-4-1-5-11-20)36(35-26)31(38)33-23-14-8-3-9-15-23/h1-18,27H,19H2,(H,33,38)(H,34,37)/t27-/m0/s1. The molecule has 0 saturated heterocycles. The van der Waals surface area contributed by atoms with Crippen LogP contribution in [0.3, 0.4) is 0 Å². The fraction of sp³-hybridized carbons (Fsp3) is 0.0645. The molecular formula is C31H23ClN4OS. The first kappa shape index (κ1) is 24.1. The lowest BCUT2D eigenvalue weighted by Gasteiger charge is -2.24. The first-order valence-corrected chi connectivity index (χ1v) is 13.1.